The molecule has 2 N–H and O–H groups in total. The Bertz CT molecular complexity index is 1290. The number of amides is 4. The number of hydrogen-bond donors (Lipinski definition) is 2. The van der Waals surface area contributed by atoms with Crippen LogP contribution in [0.2, 0.25) is 0 Å². The van der Waals surface area contributed by atoms with Crippen molar-refractivity contribution in [3.63, 3.8) is 0 Å². The molecule has 0 unspecified atom stereocenters. The Kier molecular flexibility index (Phi) is 8.42. The fourth-order valence-electron chi connectivity index (χ4n) is 6.16. The summed E-state index contributed by atoms with van der Waals surface area (Å²) in [6, 6.07) is 12.2. The van der Waals surface area contributed by atoms with Crippen LogP contribution in [0.25, 0.3) is 0 Å². The van der Waals surface area contributed by atoms with Crippen molar-refractivity contribution < 1.29 is 23.2 Å². The molecular formula is C32H39F2N5O3. The Morgan fingerprint density at radius 2 is 1.67 bits per heavy atom. The zero-order chi connectivity index (χ0) is 29.2. The number of nitrogens with zero attached hydrogens (tertiary/aromatic N) is 3. The third kappa shape index (κ3) is 6.75. The predicted molar refractivity (Wildman–Crippen MR) is 154 cm³/mol. The van der Waals surface area contributed by atoms with Crippen molar-refractivity contribution in [3.8, 4) is 0 Å². The van der Waals surface area contributed by atoms with Crippen LogP contribution in [0.5, 0.6) is 0 Å². The van der Waals surface area contributed by atoms with Gasteiger partial charge in [-0.1, -0.05) is 42.5 Å². The van der Waals surface area contributed by atoms with E-state index in [-0.39, 0.29) is 37.3 Å². The van der Waals surface area contributed by atoms with Crippen LogP contribution < -0.4 is 10.6 Å². The molecule has 224 valence electrons. The van der Waals surface area contributed by atoms with Gasteiger partial charge in [0, 0.05) is 39.1 Å². The van der Waals surface area contributed by atoms with E-state index in [4.69, 9.17) is 0 Å². The van der Waals surface area contributed by atoms with Gasteiger partial charge in [-0.15, -0.1) is 0 Å². The first kappa shape index (κ1) is 28.6. The minimum Gasteiger partial charge on any atom is -0.343 e. The van der Waals surface area contributed by atoms with Gasteiger partial charge in [-0.3, -0.25) is 14.5 Å². The fraction of sp³-hybridized carbons (Fsp3) is 0.531. The average Bonchev–Trinajstić information content (AvgIpc) is 3.94. The molecule has 0 aromatic heterocycles. The Hall–Kier alpha value is -3.53. The van der Waals surface area contributed by atoms with Gasteiger partial charge in [-0.2, -0.15) is 0 Å². The first-order chi connectivity index (χ1) is 20.4. The number of carbonyl (C=O) groups is 3. The minimum absolute atomic E-state index is 0.134. The summed E-state index contributed by atoms with van der Waals surface area (Å²) >= 11 is 0. The van der Waals surface area contributed by atoms with Gasteiger partial charge in [0.05, 0.1) is 19.1 Å². The van der Waals surface area contributed by atoms with E-state index in [0.29, 0.717) is 24.2 Å². The largest absolute Gasteiger partial charge is 0.343 e. The molecule has 0 spiro atoms. The van der Waals surface area contributed by atoms with Gasteiger partial charge in [0.1, 0.15) is 18.0 Å². The molecule has 42 heavy (non-hydrogen) atoms. The van der Waals surface area contributed by atoms with E-state index >= 15 is 0 Å². The van der Waals surface area contributed by atoms with Crippen LogP contribution in [0, 0.1) is 11.7 Å². The lowest BCUT2D eigenvalue weighted by Gasteiger charge is -2.34. The first-order valence-electron chi connectivity index (χ1n) is 15.2. The summed E-state index contributed by atoms with van der Waals surface area (Å²) in [6.45, 7) is 3.37. The summed E-state index contributed by atoms with van der Waals surface area (Å²) < 4.78 is 29.6. The molecule has 8 nitrogen and oxygen atoms in total. The van der Waals surface area contributed by atoms with E-state index in [9.17, 15) is 23.2 Å². The molecule has 2 saturated carbocycles. The van der Waals surface area contributed by atoms with Gasteiger partial charge >= 0.3 is 6.03 Å². The Balaban J connectivity index is 1.08. The molecule has 0 radical (unpaired) electrons. The topological polar surface area (TPSA) is 85.0 Å². The number of halogens is 2. The Morgan fingerprint density at radius 1 is 0.929 bits per heavy atom. The Labute approximate surface area is 245 Å². The molecule has 3 atom stereocenters. The lowest BCUT2D eigenvalue weighted by atomic mass is 9.96. The van der Waals surface area contributed by atoms with Crippen molar-refractivity contribution in [1.82, 2.24) is 25.3 Å². The number of likely N-dealkylation sites (tertiary alicyclic amines) is 1. The smallest absolute Gasteiger partial charge is 0.317 e. The molecule has 2 saturated heterocycles. The summed E-state index contributed by atoms with van der Waals surface area (Å²) in [5.74, 6) is -0.272. The van der Waals surface area contributed by atoms with Crippen molar-refractivity contribution >= 4 is 17.8 Å². The molecule has 4 amide bonds. The zero-order valence-corrected chi connectivity index (χ0v) is 23.8. The highest BCUT2D eigenvalue weighted by atomic mass is 19.1. The maximum absolute atomic E-state index is 15.0. The lowest BCUT2D eigenvalue weighted by Crippen LogP contribution is -2.54. The standard InChI is InChI=1S/C32H39F2N5O3/c33-25-17-28(39(20-25)29(40)18-35-32(42)38-14-12-37(13-15-38)19-21-6-7-21)31(41)36-30(23-4-2-1-3-5-23)24-10-11-26(22-8-9-22)27(34)16-24/h1-5,10-11,16,21-22,25,28,30H,6-9,12-15,17-20H2,(H,35,42)(H,36,41)/t25-,28+,30+/m1/s1. The van der Waals surface area contributed by atoms with E-state index in [0.717, 1.165) is 44.0 Å². The predicted octanol–water partition coefficient (Wildman–Crippen LogP) is 3.58. The summed E-state index contributed by atoms with van der Waals surface area (Å²) in [4.78, 5) is 44.7. The zero-order valence-electron chi connectivity index (χ0n) is 23.8. The van der Waals surface area contributed by atoms with Gasteiger partial charge in [-0.25, -0.2) is 13.6 Å². The van der Waals surface area contributed by atoms with E-state index in [2.05, 4.69) is 15.5 Å². The third-order valence-corrected chi connectivity index (χ3v) is 8.93. The number of hydrogen-bond acceptors (Lipinski definition) is 4. The second-order valence-electron chi connectivity index (χ2n) is 12.2. The maximum Gasteiger partial charge on any atom is 0.317 e. The van der Waals surface area contributed by atoms with Crippen LogP contribution in [-0.2, 0) is 9.59 Å². The van der Waals surface area contributed by atoms with Gasteiger partial charge in [0.25, 0.3) is 0 Å². The molecule has 2 aromatic rings. The normalized spacial score (nSPS) is 23.5. The minimum atomic E-state index is -1.36. The third-order valence-electron chi connectivity index (χ3n) is 8.93. The quantitative estimate of drug-likeness (QED) is 0.476. The van der Waals surface area contributed by atoms with E-state index in [1.165, 1.54) is 23.8 Å². The van der Waals surface area contributed by atoms with Gasteiger partial charge in [0.15, 0.2) is 0 Å². The van der Waals surface area contributed by atoms with Gasteiger partial charge in [-0.05, 0) is 60.3 Å². The van der Waals surface area contributed by atoms with E-state index in [1.54, 1.807) is 11.0 Å². The summed E-state index contributed by atoms with van der Waals surface area (Å²) in [6.07, 6.45) is 3.04. The SMILES string of the molecule is O=C(N[C@@H](c1ccccc1)c1ccc(C2CC2)c(F)c1)[C@@H]1C[C@@H](F)CN1C(=O)CNC(=O)N1CCN(CC2CC2)CC1. The lowest BCUT2D eigenvalue weighted by molar-refractivity contribution is -0.137. The fourth-order valence-corrected chi connectivity index (χ4v) is 6.16. The van der Waals surface area contributed by atoms with Crippen molar-refractivity contribution in [2.45, 2.75) is 56.3 Å². The molecule has 2 aromatic carbocycles. The molecule has 0 bridgehead atoms. The van der Waals surface area contributed by atoms with Crippen LogP contribution in [0.4, 0.5) is 13.6 Å². The molecule has 2 aliphatic heterocycles. The van der Waals surface area contributed by atoms with Gasteiger partial charge < -0.3 is 20.4 Å². The highest BCUT2D eigenvalue weighted by molar-refractivity contribution is 5.91. The average molecular weight is 580 g/mol. The van der Waals surface area contributed by atoms with Crippen molar-refractivity contribution in [3.05, 3.63) is 71.0 Å². The van der Waals surface area contributed by atoms with Crippen LogP contribution in [0.1, 0.15) is 60.8 Å². The highest BCUT2D eigenvalue weighted by Crippen LogP contribution is 2.42. The molecule has 10 heteroatoms. The summed E-state index contributed by atoms with van der Waals surface area (Å²) in [5.41, 5.74) is 2.02. The number of urea groups is 1. The van der Waals surface area contributed by atoms with Crippen molar-refractivity contribution in [1.29, 1.82) is 0 Å². The number of nitrogens with one attached hydrogen (secondary N) is 2. The van der Waals surface area contributed by atoms with Crippen LogP contribution in [0.15, 0.2) is 48.5 Å². The number of benzene rings is 2. The molecule has 2 heterocycles. The molecule has 2 aliphatic carbocycles. The number of carbonyl (C=O) groups excluding carboxylic acids is 3. The van der Waals surface area contributed by atoms with Gasteiger partial charge in [0.2, 0.25) is 11.8 Å². The van der Waals surface area contributed by atoms with Crippen LogP contribution in [0.3, 0.4) is 0 Å². The Morgan fingerprint density at radius 3 is 2.33 bits per heavy atom. The second kappa shape index (κ2) is 12.4. The van der Waals surface area contributed by atoms with E-state index in [1.807, 2.05) is 36.4 Å². The number of alkyl halides is 1. The second-order valence-corrected chi connectivity index (χ2v) is 12.2. The summed E-state index contributed by atoms with van der Waals surface area (Å²) in [5, 5.41) is 5.63. The van der Waals surface area contributed by atoms with Crippen molar-refractivity contribution in [2.24, 2.45) is 5.92 Å². The first-order valence-corrected chi connectivity index (χ1v) is 15.2. The highest BCUT2D eigenvalue weighted by Gasteiger charge is 2.41. The number of piperazine rings is 1. The van der Waals surface area contributed by atoms with Crippen LogP contribution >= 0.6 is 0 Å². The monoisotopic (exact) mass is 579 g/mol. The molecule has 4 fully saturated rings. The summed E-state index contributed by atoms with van der Waals surface area (Å²) in [7, 11) is 0. The van der Waals surface area contributed by atoms with Crippen molar-refractivity contribution in [2.75, 3.05) is 45.8 Å². The van der Waals surface area contributed by atoms with E-state index < -0.39 is 30.1 Å². The maximum atomic E-state index is 15.0. The molecule has 6 rings (SSSR count). The molecule has 4 aliphatic rings. The van der Waals surface area contributed by atoms with Crippen LogP contribution in [-0.4, -0.2) is 90.6 Å². The number of rotatable bonds is 9. The molecular weight excluding hydrogens is 540 g/mol.